The van der Waals surface area contributed by atoms with Crippen molar-refractivity contribution in [3.63, 3.8) is 0 Å². The van der Waals surface area contributed by atoms with Crippen LogP contribution in [0, 0.1) is 0 Å². The van der Waals surface area contributed by atoms with E-state index in [1.165, 1.54) is 19.3 Å². The highest BCUT2D eigenvalue weighted by atomic mass is 35.5. The molecule has 5 heteroatoms. The number of nitrogens with one attached hydrogen (secondary N) is 1. The first-order chi connectivity index (χ1) is 13.6. The number of hydrogen-bond acceptors (Lipinski definition) is 2. The van der Waals surface area contributed by atoms with E-state index in [4.69, 9.17) is 23.2 Å². The minimum Gasteiger partial charge on any atom is -0.349 e. The Kier molecular flexibility index (Phi) is 10.1. The predicted molar refractivity (Wildman–Crippen MR) is 120 cm³/mol. The Labute approximate surface area is 178 Å². The van der Waals surface area contributed by atoms with Gasteiger partial charge in [0.2, 0.25) is 5.91 Å². The molecule has 3 nitrogen and oxygen atoms in total. The van der Waals surface area contributed by atoms with E-state index in [0.29, 0.717) is 16.5 Å². The molecule has 0 aliphatic rings. The molecule has 150 valence electrons. The lowest BCUT2D eigenvalue weighted by Crippen LogP contribution is -2.30. The number of nitrogens with zero attached hydrogens (tertiary/aromatic N) is 1. The van der Waals surface area contributed by atoms with Crippen molar-refractivity contribution in [1.82, 2.24) is 5.32 Å². The summed E-state index contributed by atoms with van der Waals surface area (Å²) in [6.45, 7) is 3.05. The molecule has 0 fully saturated rings. The Morgan fingerprint density at radius 1 is 1.07 bits per heavy atom. The lowest BCUT2D eigenvalue weighted by molar-refractivity contribution is -0.121. The van der Waals surface area contributed by atoms with E-state index < -0.39 is 0 Å². The van der Waals surface area contributed by atoms with Crippen molar-refractivity contribution < 1.29 is 4.79 Å². The molecule has 1 atom stereocenters. The van der Waals surface area contributed by atoms with Gasteiger partial charge < -0.3 is 5.32 Å². The highest BCUT2D eigenvalue weighted by Crippen LogP contribution is 2.23. The number of halogens is 2. The lowest BCUT2D eigenvalue weighted by atomic mass is 10.0. The second kappa shape index (κ2) is 12.6. The van der Waals surface area contributed by atoms with Crippen LogP contribution in [0.25, 0.3) is 0 Å². The highest BCUT2D eigenvalue weighted by molar-refractivity contribution is 6.42. The van der Waals surface area contributed by atoms with Crippen LogP contribution < -0.4 is 5.32 Å². The van der Waals surface area contributed by atoms with E-state index in [1.807, 2.05) is 42.6 Å². The van der Waals surface area contributed by atoms with Gasteiger partial charge in [-0.25, -0.2) is 0 Å². The van der Waals surface area contributed by atoms with Crippen molar-refractivity contribution >= 4 is 35.3 Å². The molecular formula is C23H28Cl2N2O. The zero-order valence-electron chi connectivity index (χ0n) is 16.3. The van der Waals surface area contributed by atoms with Crippen molar-refractivity contribution in [1.29, 1.82) is 0 Å². The molecule has 0 bridgehead atoms. The maximum Gasteiger partial charge on any atom is 0.224 e. The molecule has 28 heavy (non-hydrogen) atoms. The summed E-state index contributed by atoms with van der Waals surface area (Å²) in [6, 6.07) is 15.2. The molecule has 0 aliphatic heterocycles. The van der Waals surface area contributed by atoms with Crippen molar-refractivity contribution in [2.24, 2.45) is 4.99 Å². The van der Waals surface area contributed by atoms with Crippen molar-refractivity contribution in [2.45, 2.75) is 51.5 Å². The molecule has 2 aromatic rings. The predicted octanol–water partition coefficient (Wildman–Crippen LogP) is 6.43. The zero-order valence-corrected chi connectivity index (χ0v) is 17.8. The fourth-order valence-corrected chi connectivity index (χ4v) is 3.27. The number of rotatable bonds is 11. The molecule has 0 radical (unpaired) electrons. The summed E-state index contributed by atoms with van der Waals surface area (Å²) >= 11 is 12.0. The maximum atomic E-state index is 12.6. The number of unbranched alkanes of at least 4 members (excludes halogenated alkanes) is 3. The number of benzene rings is 2. The summed E-state index contributed by atoms with van der Waals surface area (Å²) in [5.41, 5.74) is 1.91. The van der Waals surface area contributed by atoms with Crippen LogP contribution >= 0.6 is 23.2 Å². The second-order valence-corrected chi connectivity index (χ2v) is 7.66. The number of hydrogen-bond donors (Lipinski definition) is 1. The van der Waals surface area contributed by atoms with Crippen LogP contribution in [0.3, 0.4) is 0 Å². The Morgan fingerprint density at radius 3 is 2.57 bits per heavy atom. The van der Waals surface area contributed by atoms with Gasteiger partial charge in [0.25, 0.3) is 0 Å². The van der Waals surface area contributed by atoms with E-state index in [2.05, 4.69) is 17.2 Å². The van der Waals surface area contributed by atoms with Crippen LogP contribution in [-0.4, -0.2) is 18.7 Å². The third-order valence-electron chi connectivity index (χ3n) is 4.50. The fourth-order valence-electron chi connectivity index (χ4n) is 2.95. The summed E-state index contributed by atoms with van der Waals surface area (Å²) < 4.78 is 0. The summed E-state index contributed by atoms with van der Waals surface area (Å²) in [5, 5.41) is 4.07. The van der Waals surface area contributed by atoms with Gasteiger partial charge in [-0.1, -0.05) is 85.8 Å². The normalized spacial score (nSPS) is 12.2. The van der Waals surface area contributed by atoms with Crippen LogP contribution in [-0.2, 0) is 11.2 Å². The van der Waals surface area contributed by atoms with Gasteiger partial charge in [-0.15, -0.1) is 0 Å². The first-order valence-electron chi connectivity index (χ1n) is 9.86. The van der Waals surface area contributed by atoms with Crippen LogP contribution in [0.5, 0.6) is 0 Å². The lowest BCUT2D eigenvalue weighted by Gasteiger charge is -2.18. The van der Waals surface area contributed by atoms with E-state index >= 15 is 0 Å². The summed E-state index contributed by atoms with van der Waals surface area (Å²) in [6.07, 6.45) is 7.68. The van der Waals surface area contributed by atoms with E-state index in [9.17, 15) is 4.79 Å². The largest absolute Gasteiger partial charge is 0.349 e. The first kappa shape index (κ1) is 22.4. The van der Waals surface area contributed by atoms with Gasteiger partial charge in [0, 0.05) is 19.2 Å². The molecular weight excluding hydrogens is 391 g/mol. The standard InChI is InChI=1S/C23H28Cl2N2O/c1-2-3-4-8-14-26-15-13-22(19-9-6-5-7-10-19)27-23(28)17-18-11-12-20(24)21(25)16-18/h5-7,9-12,15-16,22H,2-4,8,13-14,17H2,1H3,(H,27,28). The average molecular weight is 419 g/mol. The van der Waals surface area contributed by atoms with Crippen LogP contribution in [0.4, 0.5) is 0 Å². The Balaban J connectivity index is 1.94. The van der Waals surface area contributed by atoms with E-state index in [-0.39, 0.29) is 18.4 Å². The van der Waals surface area contributed by atoms with Gasteiger partial charge in [-0.05, 0) is 29.7 Å². The van der Waals surface area contributed by atoms with Gasteiger partial charge in [-0.3, -0.25) is 9.79 Å². The number of aliphatic imine (C=N–C) groups is 1. The van der Waals surface area contributed by atoms with E-state index in [0.717, 1.165) is 24.1 Å². The van der Waals surface area contributed by atoms with Crippen molar-refractivity contribution in [3.05, 3.63) is 69.7 Å². The van der Waals surface area contributed by atoms with Crippen LogP contribution in [0.2, 0.25) is 10.0 Å². The van der Waals surface area contributed by atoms with Gasteiger partial charge in [0.1, 0.15) is 0 Å². The van der Waals surface area contributed by atoms with Crippen LogP contribution in [0.1, 0.15) is 56.2 Å². The number of amides is 1. The first-order valence-corrected chi connectivity index (χ1v) is 10.6. The number of carbonyl (C=O) groups excluding carboxylic acids is 1. The Bertz CT molecular complexity index is 762. The fraction of sp³-hybridized carbons (Fsp3) is 0.391. The van der Waals surface area contributed by atoms with Gasteiger partial charge in [0.05, 0.1) is 22.5 Å². The second-order valence-electron chi connectivity index (χ2n) is 6.84. The molecule has 1 unspecified atom stereocenters. The van der Waals surface area contributed by atoms with Gasteiger partial charge in [0.15, 0.2) is 0 Å². The van der Waals surface area contributed by atoms with Gasteiger partial charge in [-0.2, -0.15) is 0 Å². The summed E-state index contributed by atoms with van der Waals surface area (Å²) in [4.78, 5) is 17.1. The zero-order chi connectivity index (χ0) is 20.2. The topological polar surface area (TPSA) is 41.5 Å². The van der Waals surface area contributed by atoms with Gasteiger partial charge >= 0.3 is 0 Å². The Morgan fingerprint density at radius 2 is 1.86 bits per heavy atom. The minimum atomic E-state index is -0.101. The SMILES string of the molecule is CCCCCCN=CCC(NC(=O)Cc1ccc(Cl)c(Cl)c1)c1ccccc1. The molecule has 0 saturated carbocycles. The average Bonchev–Trinajstić information content (AvgIpc) is 2.70. The monoisotopic (exact) mass is 418 g/mol. The Hall–Kier alpha value is -1.84. The minimum absolute atomic E-state index is 0.0522. The smallest absolute Gasteiger partial charge is 0.224 e. The summed E-state index contributed by atoms with van der Waals surface area (Å²) in [5.74, 6) is -0.0522. The van der Waals surface area contributed by atoms with E-state index in [1.54, 1.807) is 12.1 Å². The molecule has 2 aromatic carbocycles. The highest BCUT2D eigenvalue weighted by Gasteiger charge is 2.14. The quantitative estimate of drug-likeness (QED) is 0.331. The molecule has 2 rings (SSSR count). The molecule has 0 aromatic heterocycles. The number of carbonyl (C=O) groups is 1. The maximum absolute atomic E-state index is 12.6. The van der Waals surface area contributed by atoms with Crippen molar-refractivity contribution in [2.75, 3.05) is 6.54 Å². The molecule has 0 heterocycles. The third-order valence-corrected chi connectivity index (χ3v) is 5.24. The molecule has 0 saturated heterocycles. The molecule has 1 N–H and O–H groups in total. The third kappa shape index (κ3) is 8.04. The molecule has 0 aliphatic carbocycles. The van der Waals surface area contributed by atoms with Crippen LogP contribution in [0.15, 0.2) is 53.5 Å². The van der Waals surface area contributed by atoms with Crippen molar-refractivity contribution in [3.8, 4) is 0 Å². The molecule has 0 spiro atoms. The summed E-state index contributed by atoms with van der Waals surface area (Å²) in [7, 11) is 0. The molecule has 1 amide bonds.